The first-order valence-electron chi connectivity index (χ1n) is 6.65. The highest BCUT2D eigenvalue weighted by Gasteiger charge is 2.09. The molecule has 0 bridgehead atoms. The van der Waals surface area contributed by atoms with Crippen molar-refractivity contribution < 1.29 is 0 Å². The molecule has 2 aromatic rings. The number of nitrogens with one attached hydrogen (secondary N) is 1. The van der Waals surface area contributed by atoms with Crippen LogP contribution >= 0.6 is 0 Å². The molecular formula is C15H19N3. The van der Waals surface area contributed by atoms with Crippen molar-refractivity contribution in [3.05, 3.63) is 47.3 Å². The Kier molecular flexibility index (Phi) is 3.05. The number of nitrogens with zero attached hydrogens (tertiary/aromatic N) is 2. The number of rotatable bonds is 3. The van der Waals surface area contributed by atoms with Gasteiger partial charge in [-0.15, -0.1) is 0 Å². The van der Waals surface area contributed by atoms with E-state index in [1.54, 1.807) is 0 Å². The SMILES string of the molecule is Cn1nccc1CCc1ccc2c(c1)CCCN2. The summed E-state index contributed by atoms with van der Waals surface area (Å²) < 4.78 is 1.96. The van der Waals surface area contributed by atoms with E-state index in [1.807, 2.05) is 17.9 Å². The highest BCUT2D eigenvalue weighted by atomic mass is 15.2. The van der Waals surface area contributed by atoms with E-state index in [2.05, 4.69) is 34.7 Å². The standard InChI is InChI=1S/C15H19N3/c1-18-14(8-10-17-18)6-4-12-5-7-15-13(11-12)3-2-9-16-15/h5,7-8,10-11,16H,2-4,6,9H2,1H3. The number of anilines is 1. The second kappa shape index (κ2) is 4.84. The third-order valence-electron chi connectivity index (χ3n) is 3.70. The van der Waals surface area contributed by atoms with Gasteiger partial charge in [-0.05, 0) is 48.9 Å². The van der Waals surface area contributed by atoms with E-state index in [1.165, 1.54) is 35.3 Å². The summed E-state index contributed by atoms with van der Waals surface area (Å²) in [4.78, 5) is 0. The molecule has 0 aliphatic carbocycles. The van der Waals surface area contributed by atoms with E-state index in [-0.39, 0.29) is 0 Å². The molecule has 0 amide bonds. The van der Waals surface area contributed by atoms with Gasteiger partial charge in [-0.3, -0.25) is 4.68 Å². The van der Waals surface area contributed by atoms with Gasteiger partial charge in [0.05, 0.1) is 0 Å². The van der Waals surface area contributed by atoms with Gasteiger partial charge < -0.3 is 5.32 Å². The molecule has 3 rings (SSSR count). The van der Waals surface area contributed by atoms with Crippen LogP contribution in [0.2, 0.25) is 0 Å². The first-order chi connectivity index (χ1) is 8.83. The van der Waals surface area contributed by atoms with Crippen LogP contribution in [0, 0.1) is 0 Å². The minimum atomic E-state index is 1.06. The van der Waals surface area contributed by atoms with Gasteiger partial charge in [-0.2, -0.15) is 5.10 Å². The largest absolute Gasteiger partial charge is 0.385 e. The maximum Gasteiger partial charge on any atom is 0.0492 e. The maximum atomic E-state index is 4.21. The molecule has 2 heterocycles. The topological polar surface area (TPSA) is 29.9 Å². The first-order valence-corrected chi connectivity index (χ1v) is 6.65. The van der Waals surface area contributed by atoms with Gasteiger partial charge in [0.25, 0.3) is 0 Å². The van der Waals surface area contributed by atoms with Crippen LogP contribution in [-0.4, -0.2) is 16.3 Å². The summed E-state index contributed by atoms with van der Waals surface area (Å²) in [5, 5.41) is 7.66. The molecule has 1 aromatic heterocycles. The lowest BCUT2D eigenvalue weighted by atomic mass is 9.98. The minimum Gasteiger partial charge on any atom is -0.385 e. The maximum absolute atomic E-state index is 4.21. The number of fused-ring (bicyclic) bond motifs is 1. The van der Waals surface area contributed by atoms with E-state index < -0.39 is 0 Å². The minimum absolute atomic E-state index is 1.06. The van der Waals surface area contributed by atoms with Crippen molar-refractivity contribution in [1.29, 1.82) is 0 Å². The summed E-state index contributed by atoms with van der Waals surface area (Å²) in [6.07, 6.45) is 6.47. The molecule has 0 fully saturated rings. The van der Waals surface area contributed by atoms with E-state index in [9.17, 15) is 0 Å². The van der Waals surface area contributed by atoms with Gasteiger partial charge in [-0.25, -0.2) is 0 Å². The summed E-state index contributed by atoms with van der Waals surface area (Å²) in [5.41, 5.74) is 5.53. The normalized spacial score (nSPS) is 14.1. The lowest BCUT2D eigenvalue weighted by Crippen LogP contribution is -2.11. The molecule has 1 aromatic carbocycles. The molecule has 0 unspecified atom stereocenters. The summed E-state index contributed by atoms with van der Waals surface area (Å²) in [7, 11) is 2.01. The molecule has 0 saturated carbocycles. The number of aromatic nitrogens is 2. The molecular weight excluding hydrogens is 222 g/mol. The first kappa shape index (κ1) is 11.3. The van der Waals surface area contributed by atoms with E-state index in [0.717, 1.165) is 19.4 Å². The van der Waals surface area contributed by atoms with Crippen molar-refractivity contribution >= 4 is 5.69 Å². The fraction of sp³-hybridized carbons (Fsp3) is 0.400. The quantitative estimate of drug-likeness (QED) is 0.895. The molecule has 1 N–H and O–H groups in total. The average molecular weight is 241 g/mol. The highest BCUT2D eigenvalue weighted by molar-refractivity contribution is 5.54. The average Bonchev–Trinajstić information content (AvgIpc) is 2.82. The van der Waals surface area contributed by atoms with Crippen LogP contribution in [0.4, 0.5) is 5.69 Å². The van der Waals surface area contributed by atoms with E-state index in [0.29, 0.717) is 0 Å². The Morgan fingerprint density at radius 3 is 3.06 bits per heavy atom. The monoisotopic (exact) mass is 241 g/mol. The molecule has 1 aliphatic heterocycles. The third kappa shape index (κ3) is 2.26. The molecule has 0 saturated heterocycles. The van der Waals surface area contributed by atoms with Crippen LogP contribution < -0.4 is 5.32 Å². The predicted molar refractivity (Wildman–Crippen MR) is 73.9 cm³/mol. The molecule has 0 atom stereocenters. The van der Waals surface area contributed by atoms with Crippen molar-refractivity contribution in [2.45, 2.75) is 25.7 Å². The second-order valence-electron chi connectivity index (χ2n) is 4.97. The number of aryl methyl sites for hydroxylation is 4. The molecule has 0 spiro atoms. The van der Waals surface area contributed by atoms with Gasteiger partial charge in [0, 0.05) is 31.2 Å². The fourth-order valence-corrected chi connectivity index (χ4v) is 2.60. The summed E-state index contributed by atoms with van der Waals surface area (Å²) >= 11 is 0. The summed E-state index contributed by atoms with van der Waals surface area (Å²) in [5.74, 6) is 0. The van der Waals surface area contributed by atoms with E-state index >= 15 is 0 Å². The van der Waals surface area contributed by atoms with Crippen LogP contribution in [0.1, 0.15) is 23.2 Å². The Morgan fingerprint density at radius 2 is 2.22 bits per heavy atom. The number of hydrogen-bond acceptors (Lipinski definition) is 2. The lowest BCUT2D eigenvalue weighted by Gasteiger charge is -2.18. The van der Waals surface area contributed by atoms with Crippen molar-refractivity contribution in [3.63, 3.8) is 0 Å². The molecule has 0 radical (unpaired) electrons. The third-order valence-corrected chi connectivity index (χ3v) is 3.70. The Labute approximate surface area is 108 Å². The molecule has 94 valence electrons. The zero-order valence-corrected chi connectivity index (χ0v) is 10.8. The lowest BCUT2D eigenvalue weighted by molar-refractivity contribution is 0.703. The van der Waals surface area contributed by atoms with Gasteiger partial charge in [0.2, 0.25) is 0 Å². The zero-order valence-electron chi connectivity index (χ0n) is 10.8. The van der Waals surface area contributed by atoms with Gasteiger partial charge in [0.1, 0.15) is 0 Å². The summed E-state index contributed by atoms with van der Waals surface area (Å²) in [6.45, 7) is 1.11. The van der Waals surface area contributed by atoms with Crippen molar-refractivity contribution in [2.24, 2.45) is 7.05 Å². The molecule has 3 heteroatoms. The smallest absolute Gasteiger partial charge is 0.0492 e. The van der Waals surface area contributed by atoms with Gasteiger partial charge in [0.15, 0.2) is 0 Å². The molecule has 1 aliphatic rings. The van der Waals surface area contributed by atoms with Crippen LogP contribution in [0.25, 0.3) is 0 Å². The van der Waals surface area contributed by atoms with Crippen molar-refractivity contribution in [3.8, 4) is 0 Å². The fourth-order valence-electron chi connectivity index (χ4n) is 2.60. The van der Waals surface area contributed by atoms with Crippen LogP contribution in [-0.2, 0) is 26.3 Å². The zero-order chi connectivity index (χ0) is 12.4. The Bertz CT molecular complexity index is 542. The van der Waals surface area contributed by atoms with Crippen LogP contribution in [0.5, 0.6) is 0 Å². The van der Waals surface area contributed by atoms with E-state index in [4.69, 9.17) is 0 Å². The molecule has 3 nitrogen and oxygen atoms in total. The predicted octanol–water partition coefficient (Wildman–Crippen LogP) is 2.56. The van der Waals surface area contributed by atoms with Crippen LogP contribution in [0.15, 0.2) is 30.5 Å². The van der Waals surface area contributed by atoms with Gasteiger partial charge in [-0.1, -0.05) is 12.1 Å². The Morgan fingerprint density at radius 1 is 1.28 bits per heavy atom. The van der Waals surface area contributed by atoms with Gasteiger partial charge >= 0.3 is 0 Å². The molecule has 18 heavy (non-hydrogen) atoms. The number of benzene rings is 1. The summed E-state index contributed by atoms with van der Waals surface area (Å²) in [6, 6.07) is 8.93. The highest BCUT2D eigenvalue weighted by Crippen LogP contribution is 2.23. The number of hydrogen-bond donors (Lipinski definition) is 1. The van der Waals surface area contributed by atoms with Crippen LogP contribution in [0.3, 0.4) is 0 Å². The van der Waals surface area contributed by atoms with Crippen molar-refractivity contribution in [1.82, 2.24) is 9.78 Å². The second-order valence-corrected chi connectivity index (χ2v) is 4.97. The van der Waals surface area contributed by atoms with Crippen molar-refractivity contribution in [2.75, 3.05) is 11.9 Å². The Balaban J connectivity index is 1.71. The Hall–Kier alpha value is -1.77.